The molecule has 0 amide bonds. The molecule has 7 heteroatoms. The largest absolute Gasteiger partial charge is 0.496 e. The number of carboxylic acids is 1. The highest BCUT2D eigenvalue weighted by Gasteiger charge is 2.19. The predicted molar refractivity (Wildman–Crippen MR) is 109 cm³/mol. The Hall–Kier alpha value is -3.19. The fraction of sp³-hybridized carbons (Fsp3) is 0.318. The summed E-state index contributed by atoms with van der Waals surface area (Å²) in [7, 11) is 3.22. The highest BCUT2D eigenvalue weighted by molar-refractivity contribution is 5.97. The van der Waals surface area contributed by atoms with E-state index in [-0.39, 0.29) is 6.42 Å². The minimum absolute atomic E-state index is 0.0315. The first-order valence-electron chi connectivity index (χ1n) is 9.36. The van der Waals surface area contributed by atoms with Gasteiger partial charge in [0.25, 0.3) is 0 Å². The molecule has 3 aromatic rings. The van der Waals surface area contributed by atoms with Crippen molar-refractivity contribution in [1.82, 2.24) is 9.97 Å². The second-order valence-corrected chi connectivity index (χ2v) is 6.43. The van der Waals surface area contributed by atoms with E-state index >= 15 is 0 Å². The van der Waals surface area contributed by atoms with Gasteiger partial charge < -0.3 is 19.3 Å². The fourth-order valence-corrected chi connectivity index (χ4v) is 3.29. The summed E-state index contributed by atoms with van der Waals surface area (Å²) in [5.41, 5.74) is 4.70. The van der Waals surface area contributed by atoms with Crippen LogP contribution in [0.4, 0.5) is 0 Å². The van der Waals surface area contributed by atoms with Gasteiger partial charge in [0.15, 0.2) is 0 Å². The third-order valence-electron chi connectivity index (χ3n) is 4.62. The minimum Gasteiger partial charge on any atom is -0.496 e. The molecule has 7 nitrogen and oxygen atoms in total. The summed E-state index contributed by atoms with van der Waals surface area (Å²) >= 11 is 0. The van der Waals surface area contributed by atoms with Gasteiger partial charge in [0, 0.05) is 31.0 Å². The lowest BCUT2D eigenvalue weighted by molar-refractivity contribution is -0.136. The van der Waals surface area contributed by atoms with Gasteiger partial charge in [-0.2, -0.15) is 0 Å². The lowest BCUT2D eigenvalue weighted by Crippen LogP contribution is -2.01. The lowest BCUT2D eigenvalue weighted by atomic mass is 9.96. The van der Waals surface area contributed by atoms with Gasteiger partial charge in [-0.15, -0.1) is 0 Å². The van der Waals surface area contributed by atoms with Crippen LogP contribution in [0.25, 0.3) is 22.2 Å². The van der Waals surface area contributed by atoms with Crippen LogP contribution in [0.1, 0.15) is 24.5 Å². The van der Waals surface area contributed by atoms with Gasteiger partial charge in [-0.1, -0.05) is 12.1 Å². The average molecular weight is 396 g/mol. The summed E-state index contributed by atoms with van der Waals surface area (Å²) in [6.45, 7) is 3.02. The molecule has 152 valence electrons. The number of rotatable bonds is 9. The number of aliphatic carboxylic acids is 1. The molecule has 2 aromatic carbocycles. The van der Waals surface area contributed by atoms with Crippen molar-refractivity contribution in [3.8, 4) is 22.6 Å². The summed E-state index contributed by atoms with van der Waals surface area (Å²) in [6.07, 6.45) is 3.64. The summed E-state index contributed by atoms with van der Waals surface area (Å²) in [6, 6.07) is 7.65. The Morgan fingerprint density at radius 2 is 1.69 bits per heavy atom. The molecule has 0 aliphatic rings. The quantitative estimate of drug-likeness (QED) is 0.587. The van der Waals surface area contributed by atoms with Crippen LogP contribution in [0.5, 0.6) is 11.5 Å². The molecule has 1 heterocycles. The second kappa shape index (κ2) is 9.34. The van der Waals surface area contributed by atoms with Gasteiger partial charge in [0.2, 0.25) is 0 Å². The molecule has 0 radical (unpaired) electrons. The zero-order valence-corrected chi connectivity index (χ0v) is 16.8. The number of ether oxygens (including phenoxy) is 3. The van der Waals surface area contributed by atoms with Crippen molar-refractivity contribution >= 4 is 17.0 Å². The van der Waals surface area contributed by atoms with E-state index in [9.17, 15) is 4.79 Å². The van der Waals surface area contributed by atoms with Gasteiger partial charge in [-0.25, -0.2) is 0 Å². The van der Waals surface area contributed by atoms with E-state index in [1.807, 2.05) is 31.2 Å². The van der Waals surface area contributed by atoms with Crippen molar-refractivity contribution in [1.29, 1.82) is 0 Å². The summed E-state index contributed by atoms with van der Waals surface area (Å²) in [5.74, 6) is 0.438. The maximum absolute atomic E-state index is 11.0. The molecule has 0 aliphatic heterocycles. The Morgan fingerprint density at radius 1 is 1.03 bits per heavy atom. The van der Waals surface area contributed by atoms with Crippen LogP contribution in [0.15, 0.2) is 36.7 Å². The SMILES string of the molecule is CCOCc1cc(OC)c(-c2ccc(CCC(=O)O)c3nccnc23)c(OC)c1. The Kier molecular flexibility index (Phi) is 6.61. The molecular formula is C22H24N2O5. The standard InChI is InChI=1S/C22H24N2O5/c1-4-29-13-14-11-17(27-2)20(18(12-14)28-3)16-7-5-15(6-8-19(25)26)21-22(16)24-10-9-23-21/h5,7,9-12H,4,6,8,13H2,1-3H3,(H,25,26). The van der Waals surface area contributed by atoms with Crippen LogP contribution in [0.3, 0.4) is 0 Å². The molecule has 0 aliphatic carbocycles. The topological polar surface area (TPSA) is 90.8 Å². The molecular weight excluding hydrogens is 372 g/mol. The fourth-order valence-electron chi connectivity index (χ4n) is 3.29. The zero-order chi connectivity index (χ0) is 20.8. The van der Waals surface area contributed by atoms with Gasteiger partial charge in [-0.3, -0.25) is 14.8 Å². The van der Waals surface area contributed by atoms with E-state index in [0.29, 0.717) is 42.2 Å². The molecule has 0 fully saturated rings. The molecule has 0 spiro atoms. The van der Waals surface area contributed by atoms with Crippen LogP contribution in [-0.4, -0.2) is 41.9 Å². The molecule has 1 N–H and O–H groups in total. The van der Waals surface area contributed by atoms with Gasteiger partial charge in [0.1, 0.15) is 11.5 Å². The molecule has 0 bridgehead atoms. The third kappa shape index (κ3) is 4.46. The third-order valence-corrected chi connectivity index (χ3v) is 4.62. The molecule has 0 saturated carbocycles. The first-order valence-corrected chi connectivity index (χ1v) is 9.36. The van der Waals surface area contributed by atoms with Crippen LogP contribution in [-0.2, 0) is 22.6 Å². The van der Waals surface area contributed by atoms with Crippen molar-refractivity contribution in [2.45, 2.75) is 26.4 Å². The van der Waals surface area contributed by atoms with E-state index in [1.165, 1.54) is 0 Å². The number of methoxy groups -OCH3 is 2. The number of nitrogens with zero attached hydrogens (tertiary/aromatic N) is 2. The highest BCUT2D eigenvalue weighted by Crippen LogP contribution is 2.42. The lowest BCUT2D eigenvalue weighted by Gasteiger charge is -2.17. The number of aromatic nitrogens is 2. The first kappa shape index (κ1) is 20.5. The molecule has 3 rings (SSSR count). The summed E-state index contributed by atoms with van der Waals surface area (Å²) in [4.78, 5) is 20.0. The zero-order valence-electron chi connectivity index (χ0n) is 16.8. The van der Waals surface area contributed by atoms with E-state index in [4.69, 9.17) is 19.3 Å². The van der Waals surface area contributed by atoms with Crippen molar-refractivity contribution in [3.05, 3.63) is 47.8 Å². The maximum Gasteiger partial charge on any atom is 0.303 e. The highest BCUT2D eigenvalue weighted by atomic mass is 16.5. The minimum atomic E-state index is -0.848. The average Bonchev–Trinajstić information content (AvgIpc) is 2.75. The van der Waals surface area contributed by atoms with Crippen molar-refractivity contribution in [2.75, 3.05) is 20.8 Å². The normalized spacial score (nSPS) is 10.9. The van der Waals surface area contributed by atoms with Gasteiger partial charge in [0.05, 0.1) is 37.4 Å². The second-order valence-electron chi connectivity index (χ2n) is 6.43. The maximum atomic E-state index is 11.0. The summed E-state index contributed by atoms with van der Waals surface area (Å²) in [5, 5.41) is 9.02. The number of carboxylic acid groups (broad SMARTS) is 1. The Labute approximate surface area is 169 Å². The van der Waals surface area contributed by atoms with E-state index in [1.54, 1.807) is 26.6 Å². The van der Waals surface area contributed by atoms with Crippen LogP contribution < -0.4 is 9.47 Å². The Bertz CT molecular complexity index is 994. The van der Waals surface area contributed by atoms with Crippen molar-refractivity contribution in [3.63, 3.8) is 0 Å². The van der Waals surface area contributed by atoms with Crippen molar-refractivity contribution < 1.29 is 24.1 Å². The van der Waals surface area contributed by atoms with E-state index in [2.05, 4.69) is 9.97 Å². The van der Waals surface area contributed by atoms with Crippen LogP contribution in [0, 0.1) is 0 Å². The molecule has 0 unspecified atom stereocenters. The number of benzene rings is 2. The number of aryl methyl sites for hydroxylation is 1. The number of hydrogen-bond acceptors (Lipinski definition) is 6. The predicted octanol–water partition coefficient (Wildman–Crippen LogP) is 3.87. The smallest absolute Gasteiger partial charge is 0.303 e. The molecule has 29 heavy (non-hydrogen) atoms. The number of hydrogen-bond donors (Lipinski definition) is 1. The number of carbonyl (C=O) groups is 1. The van der Waals surface area contributed by atoms with E-state index in [0.717, 1.165) is 22.3 Å². The van der Waals surface area contributed by atoms with Crippen molar-refractivity contribution in [2.24, 2.45) is 0 Å². The van der Waals surface area contributed by atoms with Gasteiger partial charge in [-0.05, 0) is 36.6 Å². The number of fused-ring (bicyclic) bond motifs is 1. The summed E-state index contributed by atoms with van der Waals surface area (Å²) < 4.78 is 16.8. The first-order chi connectivity index (χ1) is 14.1. The Balaban J connectivity index is 2.17. The Morgan fingerprint density at radius 3 is 2.28 bits per heavy atom. The van der Waals surface area contributed by atoms with E-state index < -0.39 is 5.97 Å². The molecule has 0 saturated heterocycles. The molecule has 0 atom stereocenters. The van der Waals surface area contributed by atoms with Gasteiger partial charge >= 0.3 is 5.97 Å². The van der Waals surface area contributed by atoms with Crippen LogP contribution >= 0.6 is 0 Å². The monoisotopic (exact) mass is 396 g/mol. The van der Waals surface area contributed by atoms with Crippen LogP contribution in [0.2, 0.25) is 0 Å². The molecule has 1 aromatic heterocycles.